The van der Waals surface area contributed by atoms with Crippen molar-refractivity contribution in [3.05, 3.63) is 24.0 Å². The molecule has 86 valence electrons. The number of hydrogen-bond acceptors (Lipinski definition) is 3. The summed E-state index contributed by atoms with van der Waals surface area (Å²) in [5, 5.41) is 7.50. The third kappa shape index (κ3) is 2.15. The first-order valence-corrected chi connectivity index (χ1v) is 5.60. The number of pyridine rings is 1. The van der Waals surface area contributed by atoms with Crippen LogP contribution in [-0.4, -0.2) is 24.4 Å². The Hall–Kier alpha value is -1.58. The van der Waals surface area contributed by atoms with Crippen molar-refractivity contribution in [2.75, 3.05) is 18.5 Å². The van der Waals surface area contributed by atoms with E-state index in [0.717, 1.165) is 24.1 Å². The molecule has 2 rings (SSSR count). The zero-order chi connectivity index (χ0) is 11.7. The van der Waals surface area contributed by atoms with Gasteiger partial charge in [-0.2, -0.15) is 0 Å². The fourth-order valence-corrected chi connectivity index (χ4v) is 2.02. The maximum atomic E-state index is 7.50. The molecule has 0 aromatic carbocycles. The number of nitrogens with two attached hydrogens (primary N) is 1. The summed E-state index contributed by atoms with van der Waals surface area (Å²) in [6, 6.07) is 3.85. The molecular weight excluding hydrogens is 200 g/mol. The van der Waals surface area contributed by atoms with E-state index in [-0.39, 0.29) is 5.84 Å². The third-order valence-electron chi connectivity index (χ3n) is 3.24. The second-order valence-corrected chi connectivity index (χ2v) is 4.64. The lowest BCUT2D eigenvalue weighted by molar-refractivity contribution is 0.724. The van der Waals surface area contributed by atoms with Gasteiger partial charge in [-0.15, -0.1) is 0 Å². The van der Waals surface area contributed by atoms with Gasteiger partial charge in [0.1, 0.15) is 11.5 Å². The summed E-state index contributed by atoms with van der Waals surface area (Å²) in [5.41, 5.74) is 7.05. The van der Waals surface area contributed by atoms with Crippen LogP contribution in [0.2, 0.25) is 0 Å². The van der Waals surface area contributed by atoms with Crippen LogP contribution in [0.25, 0.3) is 0 Å². The molecule has 2 unspecified atom stereocenters. The highest BCUT2D eigenvalue weighted by atomic mass is 15.1. The van der Waals surface area contributed by atoms with E-state index in [1.807, 2.05) is 19.2 Å². The van der Waals surface area contributed by atoms with E-state index in [9.17, 15) is 0 Å². The minimum atomic E-state index is 0.0336. The highest BCUT2D eigenvalue weighted by Crippen LogP contribution is 2.38. The fourth-order valence-electron chi connectivity index (χ4n) is 2.02. The second-order valence-electron chi connectivity index (χ2n) is 4.64. The number of hydrogen-bond donors (Lipinski definition) is 2. The van der Waals surface area contributed by atoms with Crippen molar-refractivity contribution in [1.29, 1.82) is 5.41 Å². The lowest BCUT2D eigenvalue weighted by Gasteiger charge is -2.21. The average Bonchev–Trinajstić information content (AvgIpc) is 2.94. The topological polar surface area (TPSA) is 66.0 Å². The maximum absolute atomic E-state index is 7.50. The zero-order valence-corrected chi connectivity index (χ0v) is 9.77. The predicted octanol–water partition coefficient (Wildman–Crippen LogP) is 1.46. The van der Waals surface area contributed by atoms with Gasteiger partial charge >= 0.3 is 0 Å². The summed E-state index contributed by atoms with van der Waals surface area (Å²) in [7, 11) is 2.04. The highest BCUT2D eigenvalue weighted by Gasteiger charge is 2.33. The first kappa shape index (κ1) is 10.9. The molecule has 0 radical (unpaired) electrons. The summed E-state index contributed by atoms with van der Waals surface area (Å²) in [4.78, 5) is 6.31. The van der Waals surface area contributed by atoms with Crippen molar-refractivity contribution in [1.82, 2.24) is 4.98 Å². The monoisotopic (exact) mass is 218 g/mol. The molecule has 1 fully saturated rings. The van der Waals surface area contributed by atoms with Gasteiger partial charge in [0.15, 0.2) is 0 Å². The standard InChI is InChI=1S/C12H18N4/c1-8-6-9(8)7-16(2)10-4-3-5-15-11(10)12(13)14/h3-5,8-9H,6-7H2,1-2H3,(H3,13,14). The summed E-state index contributed by atoms with van der Waals surface area (Å²) < 4.78 is 0. The molecule has 4 heteroatoms. The number of rotatable bonds is 4. The van der Waals surface area contributed by atoms with Crippen LogP contribution in [0.15, 0.2) is 18.3 Å². The minimum Gasteiger partial charge on any atom is -0.382 e. The second kappa shape index (κ2) is 4.12. The third-order valence-corrected chi connectivity index (χ3v) is 3.24. The number of nitrogens with one attached hydrogen (secondary N) is 1. The van der Waals surface area contributed by atoms with Gasteiger partial charge in [0, 0.05) is 19.8 Å². The Bertz CT molecular complexity index is 402. The number of amidine groups is 1. The van der Waals surface area contributed by atoms with E-state index in [0.29, 0.717) is 5.69 Å². The van der Waals surface area contributed by atoms with Gasteiger partial charge in [-0.25, -0.2) is 0 Å². The van der Waals surface area contributed by atoms with E-state index in [1.54, 1.807) is 6.20 Å². The lowest BCUT2D eigenvalue weighted by atomic mass is 10.2. The Morgan fingerprint density at radius 1 is 1.69 bits per heavy atom. The molecule has 1 aliphatic rings. The molecule has 0 amide bonds. The first-order valence-electron chi connectivity index (χ1n) is 5.60. The molecule has 0 bridgehead atoms. The van der Waals surface area contributed by atoms with Gasteiger partial charge < -0.3 is 10.6 Å². The molecule has 1 aliphatic carbocycles. The first-order chi connectivity index (χ1) is 7.59. The summed E-state index contributed by atoms with van der Waals surface area (Å²) in [6.07, 6.45) is 2.98. The van der Waals surface area contributed by atoms with Gasteiger partial charge in [-0.05, 0) is 30.4 Å². The molecule has 3 N–H and O–H groups in total. The Balaban J connectivity index is 2.15. The normalized spacial score (nSPS) is 22.9. The van der Waals surface area contributed by atoms with Crippen LogP contribution in [0.3, 0.4) is 0 Å². The van der Waals surface area contributed by atoms with Crippen LogP contribution < -0.4 is 10.6 Å². The van der Waals surface area contributed by atoms with Crippen LogP contribution in [0.5, 0.6) is 0 Å². The van der Waals surface area contributed by atoms with Gasteiger partial charge in [-0.1, -0.05) is 6.92 Å². The summed E-state index contributed by atoms with van der Waals surface area (Å²) in [6.45, 7) is 3.29. The van der Waals surface area contributed by atoms with E-state index >= 15 is 0 Å². The molecule has 1 saturated carbocycles. The fraction of sp³-hybridized carbons (Fsp3) is 0.500. The molecule has 1 aromatic heterocycles. The SMILES string of the molecule is CC1CC1CN(C)c1cccnc1C(=N)N. The molecule has 0 saturated heterocycles. The maximum Gasteiger partial charge on any atom is 0.143 e. The minimum absolute atomic E-state index is 0.0336. The van der Waals surface area contributed by atoms with Gasteiger partial charge in [0.2, 0.25) is 0 Å². The number of aromatic nitrogens is 1. The number of nitrogen functional groups attached to an aromatic ring is 1. The van der Waals surface area contributed by atoms with E-state index in [2.05, 4.69) is 16.8 Å². The van der Waals surface area contributed by atoms with Crippen LogP contribution >= 0.6 is 0 Å². The molecule has 2 atom stereocenters. The Labute approximate surface area is 96.0 Å². The van der Waals surface area contributed by atoms with Gasteiger partial charge in [0.05, 0.1) is 5.69 Å². The van der Waals surface area contributed by atoms with Crippen molar-refractivity contribution in [3.63, 3.8) is 0 Å². The zero-order valence-electron chi connectivity index (χ0n) is 9.77. The molecule has 1 heterocycles. The van der Waals surface area contributed by atoms with Crippen LogP contribution in [0.1, 0.15) is 19.0 Å². The van der Waals surface area contributed by atoms with Crippen molar-refractivity contribution in [2.24, 2.45) is 17.6 Å². The quantitative estimate of drug-likeness (QED) is 0.594. The number of nitrogens with zero attached hydrogens (tertiary/aromatic N) is 2. The van der Waals surface area contributed by atoms with Crippen molar-refractivity contribution in [2.45, 2.75) is 13.3 Å². The van der Waals surface area contributed by atoms with Crippen LogP contribution in [0.4, 0.5) is 5.69 Å². The average molecular weight is 218 g/mol. The van der Waals surface area contributed by atoms with Crippen LogP contribution in [0, 0.1) is 17.2 Å². The summed E-state index contributed by atoms with van der Waals surface area (Å²) >= 11 is 0. The molecule has 16 heavy (non-hydrogen) atoms. The predicted molar refractivity (Wildman–Crippen MR) is 65.8 cm³/mol. The molecule has 4 nitrogen and oxygen atoms in total. The van der Waals surface area contributed by atoms with Gasteiger partial charge in [-0.3, -0.25) is 10.4 Å². The van der Waals surface area contributed by atoms with E-state index in [4.69, 9.17) is 11.1 Å². The van der Waals surface area contributed by atoms with Gasteiger partial charge in [0.25, 0.3) is 0 Å². The number of anilines is 1. The molecule has 0 aliphatic heterocycles. The van der Waals surface area contributed by atoms with Crippen molar-refractivity contribution < 1.29 is 0 Å². The Morgan fingerprint density at radius 3 is 2.94 bits per heavy atom. The largest absolute Gasteiger partial charge is 0.382 e. The Kier molecular flexibility index (Phi) is 2.81. The smallest absolute Gasteiger partial charge is 0.143 e. The van der Waals surface area contributed by atoms with E-state index in [1.165, 1.54) is 6.42 Å². The van der Waals surface area contributed by atoms with Crippen LogP contribution in [-0.2, 0) is 0 Å². The highest BCUT2D eigenvalue weighted by molar-refractivity contribution is 5.98. The van der Waals surface area contributed by atoms with Crippen molar-refractivity contribution >= 4 is 11.5 Å². The Morgan fingerprint density at radius 2 is 2.38 bits per heavy atom. The van der Waals surface area contributed by atoms with E-state index < -0.39 is 0 Å². The molecule has 1 aromatic rings. The molecular formula is C12H18N4. The van der Waals surface area contributed by atoms with Crippen molar-refractivity contribution in [3.8, 4) is 0 Å². The lowest BCUT2D eigenvalue weighted by Crippen LogP contribution is -2.25. The molecule has 0 spiro atoms. The summed E-state index contributed by atoms with van der Waals surface area (Å²) in [5.74, 6) is 1.65.